The van der Waals surface area contributed by atoms with Crippen LogP contribution in [0.3, 0.4) is 0 Å². The number of benzene rings is 1. The zero-order chi connectivity index (χ0) is 13.8. The normalized spacial score (nSPS) is 11.3. The molecule has 0 fully saturated rings. The maximum Gasteiger partial charge on any atom is 0.240 e. The Morgan fingerprint density at radius 1 is 1.22 bits per heavy atom. The van der Waals surface area contributed by atoms with Crippen LogP contribution < -0.4 is 10.0 Å². The highest BCUT2D eigenvalue weighted by atomic mass is 32.2. The summed E-state index contributed by atoms with van der Waals surface area (Å²) in [4.78, 5) is 10.9. The van der Waals surface area contributed by atoms with Gasteiger partial charge in [0, 0.05) is 20.0 Å². The zero-order valence-electron chi connectivity index (χ0n) is 10.8. The van der Waals surface area contributed by atoms with Crippen molar-refractivity contribution in [1.29, 1.82) is 0 Å². The lowest BCUT2D eigenvalue weighted by Crippen LogP contribution is -2.33. The van der Waals surface area contributed by atoms with Crippen LogP contribution in [-0.2, 0) is 14.8 Å². The molecule has 0 aliphatic rings. The number of hydrogen-bond acceptors (Lipinski definition) is 3. The first kappa shape index (κ1) is 14.7. The van der Waals surface area contributed by atoms with Crippen LogP contribution in [0.15, 0.2) is 23.1 Å². The number of carbonyl (C=O) groups is 1. The highest BCUT2D eigenvalue weighted by molar-refractivity contribution is 7.89. The van der Waals surface area contributed by atoms with Gasteiger partial charge in [-0.1, -0.05) is 17.7 Å². The van der Waals surface area contributed by atoms with Crippen molar-refractivity contribution in [3.05, 3.63) is 29.3 Å². The Kier molecular flexibility index (Phi) is 4.86. The maximum absolute atomic E-state index is 12.0. The van der Waals surface area contributed by atoms with Crippen LogP contribution in [0, 0.1) is 13.8 Å². The van der Waals surface area contributed by atoms with E-state index in [2.05, 4.69) is 10.0 Å². The molecule has 0 aliphatic heterocycles. The first-order valence-electron chi connectivity index (χ1n) is 5.64. The predicted molar refractivity (Wildman–Crippen MR) is 69.8 cm³/mol. The van der Waals surface area contributed by atoms with Crippen LogP contribution in [-0.4, -0.2) is 27.4 Å². The molecule has 0 bridgehead atoms. The second kappa shape index (κ2) is 5.97. The topological polar surface area (TPSA) is 75.3 Å². The van der Waals surface area contributed by atoms with Crippen molar-refractivity contribution in [2.45, 2.75) is 25.7 Å². The first-order chi connectivity index (χ1) is 8.33. The molecule has 1 amide bonds. The minimum Gasteiger partial charge on any atom is -0.355 e. The monoisotopic (exact) mass is 270 g/mol. The molecule has 0 spiro atoms. The van der Waals surface area contributed by atoms with Crippen molar-refractivity contribution in [1.82, 2.24) is 10.0 Å². The SMILES string of the molecule is CC(=O)NCCNS(=O)(=O)c1ccc(C)cc1C. The molecule has 5 nitrogen and oxygen atoms in total. The van der Waals surface area contributed by atoms with Crippen LogP contribution in [0.5, 0.6) is 0 Å². The van der Waals surface area contributed by atoms with Gasteiger partial charge in [-0.2, -0.15) is 0 Å². The number of nitrogens with one attached hydrogen (secondary N) is 2. The summed E-state index contributed by atoms with van der Waals surface area (Å²) in [5, 5.41) is 2.53. The van der Waals surface area contributed by atoms with Gasteiger partial charge in [-0.25, -0.2) is 13.1 Å². The van der Waals surface area contributed by atoms with Gasteiger partial charge >= 0.3 is 0 Å². The van der Waals surface area contributed by atoms with Crippen molar-refractivity contribution >= 4 is 15.9 Å². The Bertz CT molecular complexity index is 538. The van der Waals surface area contributed by atoms with Crippen LogP contribution >= 0.6 is 0 Å². The van der Waals surface area contributed by atoms with Gasteiger partial charge in [0.15, 0.2) is 0 Å². The Morgan fingerprint density at radius 3 is 2.44 bits per heavy atom. The summed E-state index contributed by atoms with van der Waals surface area (Å²) in [6.07, 6.45) is 0. The van der Waals surface area contributed by atoms with Gasteiger partial charge in [-0.15, -0.1) is 0 Å². The summed E-state index contributed by atoms with van der Waals surface area (Å²) >= 11 is 0. The number of rotatable bonds is 5. The molecule has 0 aromatic heterocycles. The first-order valence-corrected chi connectivity index (χ1v) is 7.12. The summed E-state index contributed by atoms with van der Waals surface area (Å²) in [5.41, 5.74) is 1.73. The van der Waals surface area contributed by atoms with Crippen LogP contribution in [0.2, 0.25) is 0 Å². The zero-order valence-corrected chi connectivity index (χ0v) is 11.6. The van der Waals surface area contributed by atoms with Crippen LogP contribution in [0.25, 0.3) is 0 Å². The number of sulfonamides is 1. The molecule has 0 aliphatic carbocycles. The highest BCUT2D eigenvalue weighted by Crippen LogP contribution is 2.15. The van der Waals surface area contributed by atoms with E-state index < -0.39 is 10.0 Å². The van der Waals surface area contributed by atoms with E-state index in [9.17, 15) is 13.2 Å². The fourth-order valence-electron chi connectivity index (χ4n) is 1.60. The molecular weight excluding hydrogens is 252 g/mol. The lowest BCUT2D eigenvalue weighted by Gasteiger charge is -2.10. The molecular formula is C12H18N2O3S. The summed E-state index contributed by atoms with van der Waals surface area (Å²) in [7, 11) is -3.51. The average Bonchev–Trinajstić information content (AvgIpc) is 2.23. The summed E-state index contributed by atoms with van der Waals surface area (Å²) in [6.45, 7) is 5.51. The van der Waals surface area contributed by atoms with E-state index >= 15 is 0 Å². The largest absolute Gasteiger partial charge is 0.355 e. The standard InChI is InChI=1S/C12H18N2O3S/c1-9-4-5-12(10(2)8-9)18(16,17)14-7-6-13-11(3)15/h4-5,8,14H,6-7H2,1-3H3,(H,13,15). The van der Waals surface area contributed by atoms with Gasteiger partial charge in [-0.05, 0) is 25.5 Å². The van der Waals surface area contributed by atoms with E-state index in [4.69, 9.17) is 0 Å². The minimum absolute atomic E-state index is 0.176. The Labute approximate surface area is 108 Å². The van der Waals surface area contributed by atoms with E-state index in [1.807, 2.05) is 13.0 Å². The average molecular weight is 270 g/mol. The third kappa shape index (κ3) is 4.12. The second-order valence-electron chi connectivity index (χ2n) is 4.15. The summed E-state index contributed by atoms with van der Waals surface area (Å²) in [5.74, 6) is -0.180. The van der Waals surface area contributed by atoms with Gasteiger partial charge in [-0.3, -0.25) is 4.79 Å². The Balaban J connectivity index is 2.71. The van der Waals surface area contributed by atoms with Crippen LogP contribution in [0.1, 0.15) is 18.1 Å². The smallest absolute Gasteiger partial charge is 0.240 e. The molecule has 2 N–H and O–H groups in total. The molecule has 1 aromatic rings. The molecule has 0 unspecified atom stereocenters. The minimum atomic E-state index is -3.51. The van der Waals surface area contributed by atoms with Crippen molar-refractivity contribution in [3.63, 3.8) is 0 Å². The maximum atomic E-state index is 12.0. The van der Waals surface area contributed by atoms with Crippen molar-refractivity contribution in [2.24, 2.45) is 0 Å². The number of carbonyl (C=O) groups excluding carboxylic acids is 1. The molecule has 0 atom stereocenters. The molecule has 0 radical (unpaired) electrons. The molecule has 0 heterocycles. The van der Waals surface area contributed by atoms with Gasteiger partial charge in [0.05, 0.1) is 4.90 Å². The summed E-state index contributed by atoms with van der Waals surface area (Å²) in [6, 6.07) is 5.17. The fourth-order valence-corrected chi connectivity index (χ4v) is 2.86. The van der Waals surface area contributed by atoms with Crippen molar-refractivity contribution in [3.8, 4) is 0 Å². The number of aryl methyl sites for hydroxylation is 2. The van der Waals surface area contributed by atoms with E-state index in [-0.39, 0.29) is 23.9 Å². The highest BCUT2D eigenvalue weighted by Gasteiger charge is 2.15. The van der Waals surface area contributed by atoms with E-state index in [1.54, 1.807) is 19.1 Å². The Morgan fingerprint density at radius 2 is 1.89 bits per heavy atom. The molecule has 18 heavy (non-hydrogen) atoms. The Hall–Kier alpha value is -1.40. The second-order valence-corrected chi connectivity index (χ2v) is 5.89. The van der Waals surface area contributed by atoms with Crippen LogP contribution in [0.4, 0.5) is 0 Å². The van der Waals surface area contributed by atoms with Gasteiger partial charge < -0.3 is 5.32 Å². The third-order valence-corrected chi connectivity index (χ3v) is 4.03. The third-order valence-electron chi connectivity index (χ3n) is 2.41. The van der Waals surface area contributed by atoms with Gasteiger partial charge in [0.2, 0.25) is 15.9 Å². The van der Waals surface area contributed by atoms with Gasteiger partial charge in [0.25, 0.3) is 0 Å². The quantitative estimate of drug-likeness (QED) is 0.774. The fraction of sp³-hybridized carbons (Fsp3) is 0.417. The van der Waals surface area contributed by atoms with Crippen molar-refractivity contribution in [2.75, 3.05) is 13.1 Å². The lowest BCUT2D eigenvalue weighted by atomic mass is 10.2. The predicted octanol–water partition coefficient (Wildman–Crippen LogP) is 0.718. The molecule has 1 rings (SSSR count). The summed E-state index contributed by atoms with van der Waals surface area (Å²) < 4.78 is 26.4. The number of amides is 1. The van der Waals surface area contributed by atoms with Gasteiger partial charge in [0.1, 0.15) is 0 Å². The molecule has 1 aromatic carbocycles. The molecule has 0 saturated carbocycles. The number of hydrogen-bond donors (Lipinski definition) is 2. The van der Waals surface area contributed by atoms with Crippen molar-refractivity contribution < 1.29 is 13.2 Å². The van der Waals surface area contributed by atoms with E-state index in [0.29, 0.717) is 5.56 Å². The van der Waals surface area contributed by atoms with E-state index in [1.165, 1.54) is 6.92 Å². The molecule has 6 heteroatoms. The lowest BCUT2D eigenvalue weighted by molar-refractivity contribution is -0.118. The molecule has 0 saturated heterocycles. The molecule has 100 valence electrons. The van der Waals surface area contributed by atoms with E-state index in [0.717, 1.165) is 5.56 Å².